The van der Waals surface area contributed by atoms with Gasteiger partial charge < -0.3 is 64.3 Å². The zero-order chi connectivity index (χ0) is 60.7. The van der Waals surface area contributed by atoms with Crippen LogP contribution in [0.4, 0.5) is 8.63 Å². The fourth-order valence-electron chi connectivity index (χ4n) is 10.4. The van der Waals surface area contributed by atoms with Crippen molar-refractivity contribution in [3.8, 4) is 11.5 Å². The maximum Gasteiger partial charge on any atom is 0.737 e. The third-order valence-corrected chi connectivity index (χ3v) is 16.0. The summed E-state index contributed by atoms with van der Waals surface area (Å²) >= 11 is 1.42. The molecule has 0 spiro atoms. The Morgan fingerprint density at radius 2 is 1.50 bits per heavy atom. The van der Waals surface area contributed by atoms with Gasteiger partial charge in [-0.3, -0.25) is 33.4 Å². The number of nitrogens with zero attached hydrogens (tertiary/aromatic N) is 6. The fourth-order valence-corrected chi connectivity index (χ4v) is 11.1. The van der Waals surface area contributed by atoms with Crippen LogP contribution in [-0.4, -0.2) is 133 Å². The van der Waals surface area contributed by atoms with Crippen molar-refractivity contribution >= 4 is 77.7 Å². The number of likely N-dealkylation sites (tertiary alicyclic amines) is 1. The van der Waals surface area contributed by atoms with Gasteiger partial charge in [-0.2, -0.15) is 0 Å². The highest BCUT2D eigenvalue weighted by Gasteiger charge is 2.52. The summed E-state index contributed by atoms with van der Waals surface area (Å²) < 4.78 is 48.6. The van der Waals surface area contributed by atoms with Crippen LogP contribution in [0.3, 0.4) is 0 Å². The number of piperidine rings is 1. The molecule has 0 bridgehead atoms. The molecule has 3 aliphatic rings. The number of hydrogen-bond acceptors (Lipinski definition) is 12. The summed E-state index contributed by atoms with van der Waals surface area (Å²) in [6, 6.07) is 28.7. The number of primary amides is 1. The molecule has 0 saturated carbocycles. The van der Waals surface area contributed by atoms with Crippen LogP contribution in [-0.2, 0) is 48.3 Å². The number of amides is 6. The number of thiophene rings is 1. The highest BCUT2D eigenvalue weighted by molar-refractivity contribution is 7.12. The van der Waals surface area contributed by atoms with Gasteiger partial charge in [-0.25, -0.2) is 0 Å². The van der Waals surface area contributed by atoms with Gasteiger partial charge in [0.2, 0.25) is 35.4 Å². The number of para-hydroxylation sites is 1. The van der Waals surface area contributed by atoms with Gasteiger partial charge in [-0.15, -0.1) is 16.4 Å². The van der Waals surface area contributed by atoms with Crippen molar-refractivity contribution in [2.45, 2.75) is 109 Å². The standard InChI is InChI=1S/C62H71BF2N12O8S/c1-41(69-62(83)43(3)70-61(82)42(2)68-58(79)30-35-74-33-28-52(29-34-74)85-55-15-8-7-13-46(55)37-45-11-5-4-6-12-45)60(81)67-31-27-57(78)71-53(59(66)80)14-9-32-75-39-47(72-73-75)40-84-51-24-18-44(19-25-51)17-20-48-21-22-49-38-50-23-26-54(56-16-10-36-86-56)77(50)63(64,65)76(48)49/h4-8,10-13,15-26,36,38-39,41-43,52-53H,9,14,27-35,37,40H2,1-3H3,(H2,66,80)(H,67,81)(H,68,79)(H,69,83)(H,70,82)(H,71,78)/b20-17+/t41-,42-,43-,53-/m0/s1. The lowest BCUT2D eigenvalue weighted by atomic mass is 9.90. The molecule has 4 atom stereocenters. The first kappa shape index (κ1) is 61.5. The molecule has 3 aromatic heterocycles. The summed E-state index contributed by atoms with van der Waals surface area (Å²) in [5.74, 6) is -1.90. The van der Waals surface area contributed by atoms with E-state index in [0.717, 1.165) is 63.1 Å². The monoisotopic (exact) mass is 1190 g/mol. The van der Waals surface area contributed by atoms with Crippen LogP contribution in [0, 0.1) is 0 Å². The Balaban J connectivity index is 0.616. The Morgan fingerprint density at radius 1 is 0.791 bits per heavy atom. The third-order valence-electron chi connectivity index (χ3n) is 15.1. The maximum atomic E-state index is 16.2. The van der Waals surface area contributed by atoms with E-state index in [0.29, 0.717) is 53.8 Å². The number of nitrogens with one attached hydrogen (secondary N) is 5. The van der Waals surface area contributed by atoms with Crippen LogP contribution < -0.4 is 41.8 Å². The van der Waals surface area contributed by atoms with Gasteiger partial charge in [-0.05, 0) is 111 Å². The lowest BCUT2D eigenvalue weighted by Crippen LogP contribution is -2.54. The molecular formula is C62H71BF2N12O8S. The molecule has 9 rings (SSSR count). The van der Waals surface area contributed by atoms with Crippen LogP contribution >= 0.6 is 11.3 Å². The fraction of sp³-hybridized carbons (Fsp3) is 0.339. The van der Waals surface area contributed by atoms with Gasteiger partial charge in [0.15, 0.2) is 11.4 Å². The van der Waals surface area contributed by atoms with E-state index in [1.165, 1.54) is 37.7 Å². The van der Waals surface area contributed by atoms with E-state index in [2.05, 4.69) is 60.0 Å². The zero-order valence-electron chi connectivity index (χ0n) is 48.2. The molecule has 1 saturated heterocycles. The predicted octanol–water partition coefficient (Wildman–Crippen LogP) is 5.83. The number of carbonyl (C=O) groups excluding carboxylic acids is 6. The molecule has 450 valence electrons. The molecule has 20 nitrogen and oxygen atoms in total. The Bertz CT molecular complexity index is 3510. The summed E-state index contributed by atoms with van der Waals surface area (Å²) in [4.78, 5) is 79.6. The minimum atomic E-state index is -4.16. The van der Waals surface area contributed by atoms with Crippen molar-refractivity contribution in [3.05, 3.63) is 171 Å². The summed E-state index contributed by atoms with van der Waals surface area (Å²) in [7, 11) is 0. The molecule has 3 aliphatic heterocycles. The number of hydrogen-bond donors (Lipinski definition) is 6. The zero-order valence-corrected chi connectivity index (χ0v) is 49.0. The van der Waals surface area contributed by atoms with E-state index in [1.54, 1.807) is 65.5 Å². The molecule has 6 amide bonds. The van der Waals surface area contributed by atoms with Crippen molar-refractivity contribution in [1.82, 2.24) is 51.0 Å². The lowest BCUT2D eigenvalue weighted by Gasteiger charge is -2.32. The number of rotatable bonds is 28. The largest absolute Gasteiger partial charge is 0.737 e. The van der Waals surface area contributed by atoms with Crippen LogP contribution in [0.1, 0.15) is 97.9 Å². The highest BCUT2D eigenvalue weighted by atomic mass is 32.1. The van der Waals surface area contributed by atoms with E-state index in [9.17, 15) is 28.8 Å². The first-order valence-electron chi connectivity index (χ1n) is 28.9. The van der Waals surface area contributed by atoms with E-state index in [1.807, 2.05) is 66.0 Å². The Hall–Kier alpha value is -9.03. The Kier molecular flexibility index (Phi) is 20.5. The second kappa shape index (κ2) is 28.7. The van der Waals surface area contributed by atoms with Gasteiger partial charge in [0.05, 0.1) is 11.1 Å². The van der Waals surface area contributed by atoms with Gasteiger partial charge in [-0.1, -0.05) is 78.0 Å². The normalized spacial score (nSPS) is 16.0. The minimum absolute atomic E-state index is 0.0661. The van der Waals surface area contributed by atoms with Crippen LogP contribution in [0.15, 0.2) is 133 Å². The second-order valence-corrected chi connectivity index (χ2v) is 22.5. The average Bonchev–Trinajstić information content (AvgIpc) is 1.83. The van der Waals surface area contributed by atoms with Gasteiger partial charge in [0, 0.05) is 81.6 Å². The summed E-state index contributed by atoms with van der Waals surface area (Å²) in [5.41, 5.74) is 11.0. The molecule has 0 unspecified atom stereocenters. The van der Waals surface area contributed by atoms with Crippen LogP contribution in [0.25, 0.3) is 18.2 Å². The van der Waals surface area contributed by atoms with Crippen molar-refractivity contribution in [1.29, 1.82) is 0 Å². The quantitative estimate of drug-likeness (QED) is 0.0319. The SMILES string of the molecule is C[C@H](NC(=O)CCN1CCC(Oc2ccccc2Cc2ccccc2)CC1)C(=O)N[C@@H](C)C(=O)N[C@@H](C)C(=O)NCCC(=O)N[C@@H](CCCn1cc(COc2ccc(/C=C/c3ccc4n3[B-](F)(F)[N+]3=C(c5cccs5)C=CC3=C4)cc2)nn1)C(N)=O. The summed E-state index contributed by atoms with van der Waals surface area (Å²) in [6.07, 6.45) is 13.5. The number of benzene rings is 3. The number of fused-ring (bicyclic) bond motifs is 2. The number of allylic oxidation sites excluding steroid dienone is 2. The molecule has 6 aromatic rings. The van der Waals surface area contributed by atoms with E-state index in [-0.39, 0.29) is 44.4 Å². The van der Waals surface area contributed by atoms with Crippen molar-refractivity contribution in [2.75, 3.05) is 26.2 Å². The highest BCUT2D eigenvalue weighted by Crippen LogP contribution is 2.35. The molecule has 24 heteroatoms. The van der Waals surface area contributed by atoms with E-state index in [4.69, 9.17) is 15.2 Å². The van der Waals surface area contributed by atoms with E-state index < -0.39 is 60.7 Å². The number of halogens is 2. The first-order chi connectivity index (χ1) is 41.5. The molecule has 86 heavy (non-hydrogen) atoms. The molecule has 1 fully saturated rings. The molecule has 3 aromatic carbocycles. The van der Waals surface area contributed by atoms with Crippen LogP contribution in [0.5, 0.6) is 11.5 Å². The van der Waals surface area contributed by atoms with Crippen molar-refractivity contribution in [2.24, 2.45) is 5.73 Å². The minimum Gasteiger partial charge on any atom is -0.490 e. The molecule has 7 N–H and O–H groups in total. The van der Waals surface area contributed by atoms with Gasteiger partial charge >= 0.3 is 6.97 Å². The van der Waals surface area contributed by atoms with E-state index >= 15 is 8.63 Å². The summed E-state index contributed by atoms with van der Waals surface area (Å²) in [5, 5.41) is 23.2. The van der Waals surface area contributed by atoms with Crippen LogP contribution in [0.2, 0.25) is 0 Å². The Labute approximate surface area is 501 Å². The molecular weight excluding hydrogens is 1120 g/mol. The average molecular weight is 1190 g/mol. The number of carbonyl (C=O) groups is 6. The van der Waals surface area contributed by atoms with Gasteiger partial charge in [0.25, 0.3) is 0 Å². The topological polar surface area (TPSA) is 249 Å². The predicted molar refractivity (Wildman–Crippen MR) is 325 cm³/mol. The lowest BCUT2D eigenvalue weighted by molar-refractivity contribution is -0.360. The molecule has 0 radical (unpaired) electrons. The number of nitrogens with two attached hydrogens (primary N) is 1. The maximum absolute atomic E-state index is 16.2. The number of ether oxygens (including phenoxy) is 2. The summed E-state index contributed by atoms with van der Waals surface area (Å²) in [6.45, 7) is 2.71. The molecule has 0 aliphatic carbocycles. The second-order valence-electron chi connectivity index (χ2n) is 21.6. The van der Waals surface area contributed by atoms with Gasteiger partial charge in [0.1, 0.15) is 54.1 Å². The smallest absolute Gasteiger partial charge is 0.490 e. The number of aromatic nitrogens is 4. The first-order valence-corrected chi connectivity index (χ1v) is 29.8. The number of aryl methyl sites for hydroxylation is 1. The Morgan fingerprint density at radius 3 is 2.23 bits per heavy atom. The van der Waals surface area contributed by atoms with Crippen molar-refractivity contribution in [3.63, 3.8) is 0 Å². The third kappa shape index (κ3) is 16.2. The molecule has 6 heterocycles. The van der Waals surface area contributed by atoms with Crippen molar-refractivity contribution < 1.29 is 51.4 Å².